The molecular weight excluding hydrogens is 214 g/mol. The first kappa shape index (κ1) is 13.7. The van der Waals surface area contributed by atoms with Crippen molar-refractivity contribution in [2.45, 2.75) is 25.9 Å². The summed E-state index contributed by atoms with van der Waals surface area (Å²) in [7, 11) is 0. The van der Waals surface area contributed by atoms with Gasteiger partial charge >= 0.3 is 0 Å². The minimum absolute atomic E-state index is 0.211. The Labute approximate surface area is 103 Å². The second-order valence-electron chi connectivity index (χ2n) is 4.00. The molecule has 1 aromatic carbocycles. The van der Waals surface area contributed by atoms with Crippen LogP contribution in [0, 0.1) is 0 Å². The van der Waals surface area contributed by atoms with E-state index < -0.39 is 0 Å². The number of benzene rings is 1. The van der Waals surface area contributed by atoms with Crippen molar-refractivity contribution in [3.8, 4) is 5.75 Å². The van der Waals surface area contributed by atoms with Crippen molar-refractivity contribution in [1.29, 1.82) is 0 Å². The maximum atomic E-state index is 8.83. The van der Waals surface area contributed by atoms with Crippen LogP contribution in [-0.4, -0.2) is 24.4 Å². The normalized spacial score (nSPS) is 12.1. The lowest BCUT2D eigenvalue weighted by molar-refractivity contribution is 0.268. The lowest BCUT2D eigenvalue weighted by Gasteiger charge is -2.14. The topological polar surface area (TPSA) is 41.5 Å². The average molecular weight is 235 g/mol. The van der Waals surface area contributed by atoms with Crippen molar-refractivity contribution >= 4 is 0 Å². The third-order valence-corrected chi connectivity index (χ3v) is 2.53. The number of para-hydroxylation sites is 1. The van der Waals surface area contributed by atoms with E-state index >= 15 is 0 Å². The smallest absolute Gasteiger partial charge is 0.124 e. The fraction of sp³-hybridized carbons (Fsp3) is 0.429. The minimum Gasteiger partial charge on any atom is -0.489 e. The van der Waals surface area contributed by atoms with E-state index in [0.717, 1.165) is 24.3 Å². The van der Waals surface area contributed by atoms with Gasteiger partial charge in [0.05, 0.1) is 0 Å². The van der Waals surface area contributed by atoms with Crippen LogP contribution in [0.25, 0.3) is 0 Å². The molecule has 0 aromatic heterocycles. The monoisotopic (exact) mass is 235 g/mol. The molecule has 0 saturated heterocycles. The Bertz CT molecular complexity index is 339. The van der Waals surface area contributed by atoms with E-state index in [1.807, 2.05) is 24.3 Å². The molecule has 0 radical (unpaired) electrons. The van der Waals surface area contributed by atoms with E-state index in [4.69, 9.17) is 9.84 Å². The van der Waals surface area contributed by atoms with E-state index in [0.29, 0.717) is 12.6 Å². The van der Waals surface area contributed by atoms with Crippen LogP contribution in [0.15, 0.2) is 36.9 Å². The third kappa shape index (κ3) is 5.02. The van der Waals surface area contributed by atoms with E-state index in [1.54, 1.807) is 6.08 Å². The minimum atomic E-state index is 0.211. The van der Waals surface area contributed by atoms with Crippen molar-refractivity contribution in [3.63, 3.8) is 0 Å². The van der Waals surface area contributed by atoms with Crippen LogP contribution in [-0.2, 0) is 6.54 Å². The van der Waals surface area contributed by atoms with Gasteiger partial charge in [-0.3, -0.25) is 0 Å². The van der Waals surface area contributed by atoms with Crippen LogP contribution in [0.4, 0.5) is 0 Å². The first-order chi connectivity index (χ1) is 8.27. The van der Waals surface area contributed by atoms with Crippen LogP contribution in [0.2, 0.25) is 0 Å². The highest BCUT2D eigenvalue weighted by molar-refractivity contribution is 5.33. The van der Waals surface area contributed by atoms with Gasteiger partial charge in [0.15, 0.2) is 0 Å². The Morgan fingerprint density at radius 3 is 2.94 bits per heavy atom. The van der Waals surface area contributed by atoms with E-state index in [1.165, 1.54) is 0 Å². The van der Waals surface area contributed by atoms with Gasteiger partial charge in [-0.1, -0.05) is 30.9 Å². The molecule has 17 heavy (non-hydrogen) atoms. The molecule has 1 atom stereocenters. The standard InChI is InChI=1S/C14H21NO2/c1-3-10-17-14-7-5-4-6-13(14)11-15-12(2)8-9-16/h3-7,12,15-16H,1,8-11H2,2H3. The van der Waals surface area contributed by atoms with Gasteiger partial charge in [0.1, 0.15) is 12.4 Å². The van der Waals surface area contributed by atoms with E-state index in [9.17, 15) is 0 Å². The molecule has 94 valence electrons. The summed E-state index contributed by atoms with van der Waals surface area (Å²) in [6, 6.07) is 8.24. The summed E-state index contributed by atoms with van der Waals surface area (Å²) in [5, 5.41) is 12.2. The summed E-state index contributed by atoms with van der Waals surface area (Å²) in [6.07, 6.45) is 2.49. The molecular formula is C14H21NO2. The molecule has 1 unspecified atom stereocenters. The number of nitrogens with one attached hydrogen (secondary N) is 1. The summed E-state index contributed by atoms with van der Waals surface area (Å²) >= 11 is 0. The van der Waals surface area contributed by atoms with E-state index in [-0.39, 0.29) is 6.61 Å². The molecule has 0 heterocycles. The molecule has 0 amide bonds. The number of aliphatic hydroxyl groups excluding tert-OH is 1. The Hall–Kier alpha value is -1.32. The Balaban J connectivity index is 2.53. The molecule has 0 saturated carbocycles. The summed E-state index contributed by atoms with van der Waals surface area (Å²) in [5.74, 6) is 0.885. The molecule has 0 aliphatic carbocycles. The van der Waals surface area contributed by atoms with Crippen LogP contribution in [0.5, 0.6) is 5.75 Å². The van der Waals surface area contributed by atoms with Crippen molar-refractivity contribution in [3.05, 3.63) is 42.5 Å². The molecule has 0 aliphatic rings. The van der Waals surface area contributed by atoms with Crippen LogP contribution in [0.1, 0.15) is 18.9 Å². The molecule has 3 heteroatoms. The van der Waals surface area contributed by atoms with Crippen molar-refractivity contribution in [2.24, 2.45) is 0 Å². The van der Waals surface area contributed by atoms with Crippen molar-refractivity contribution < 1.29 is 9.84 Å². The Morgan fingerprint density at radius 2 is 2.24 bits per heavy atom. The van der Waals surface area contributed by atoms with Gasteiger partial charge in [-0.15, -0.1) is 0 Å². The number of rotatable bonds is 8. The van der Waals surface area contributed by atoms with Gasteiger partial charge in [-0.25, -0.2) is 0 Å². The summed E-state index contributed by atoms with van der Waals surface area (Å²) < 4.78 is 5.57. The lowest BCUT2D eigenvalue weighted by Crippen LogP contribution is -2.26. The molecule has 2 N–H and O–H groups in total. The summed E-state index contributed by atoms with van der Waals surface area (Å²) in [4.78, 5) is 0. The average Bonchev–Trinajstić information content (AvgIpc) is 2.35. The van der Waals surface area contributed by atoms with Crippen LogP contribution >= 0.6 is 0 Å². The molecule has 0 bridgehead atoms. The number of hydrogen-bond acceptors (Lipinski definition) is 3. The highest BCUT2D eigenvalue weighted by Gasteiger charge is 2.04. The largest absolute Gasteiger partial charge is 0.489 e. The second kappa shape index (κ2) is 7.87. The second-order valence-corrected chi connectivity index (χ2v) is 4.00. The predicted octanol–water partition coefficient (Wildman–Crippen LogP) is 2.11. The Kier molecular flexibility index (Phi) is 6.37. The SMILES string of the molecule is C=CCOc1ccccc1CNC(C)CCO. The predicted molar refractivity (Wildman–Crippen MR) is 70.1 cm³/mol. The molecule has 0 spiro atoms. The maximum Gasteiger partial charge on any atom is 0.124 e. The number of hydrogen-bond donors (Lipinski definition) is 2. The van der Waals surface area contributed by atoms with Gasteiger partial charge in [-0.05, 0) is 19.4 Å². The maximum absolute atomic E-state index is 8.83. The van der Waals surface area contributed by atoms with Gasteiger partial charge in [0, 0.05) is 24.8 Å². The summed E-state index contributed by atoms with van der Waals surface area (Å²) in [6.45, 7) is 7.17. The van der Waals surface area contributed by atoms with Gasteiger partial charge in [0.2, 0.25) is 0 Å². The zero-order valence-electron chi connectivity index (χ0n) is 10.4. The third-order valence-electron chi connectivity index (χ3n) is 2.53. The highest BCUT2D eigenvalue weighted by Crippen LogP contribution is 2.17. The quantitative estimate of drug-likeness (QED) is 0.678. The first-order valence-electron chi connectivity index (χ1n) is 5.93. The molecule has 0 fully saturated rings. The van der Waals surface area contributed by atoms with Gasteiger partial charge < -0.3 is 15.2 Å². The highest BCUT2D eigenvalue weighted by atomic mass is 16.5. The van der Waals surface area contributed by atoms with Crippen molar-refractivity contribution in [1.82, 2.24) is 5.32 Å². The fourth-order valence-corrected chi connectivity index (χ4v) is 1.52. The zero-order chi connectivity index (χ0) is 12.5. The van der Waals surface area contributed by atoms with E-state index in [2.05, 4.69) is 18.8 Å². The van der Waals surface area contributed by atoms with Crippen LogP contribution < -0.4 is 10.1 Å². The van der Waals surface area contributed by atoms with Gasteiger partial charge in [-0.2, -0.15) is 0 Å². The van der Waals surface area contributed by atoms with Gasteiger partial charge in [0.25, 0.3) is 0 Å². The molecule has 1 rings (SSSR count). The fourth-order valence-electron chi connectivity index (χ4n) is 1.52. The Morgan fingerprint density at radius 1 is 1.47 bits per heavy atom. The molecule has 3 nitrogen and oxygen atoms in total. The first-order valence-corrected chi connectivity index (χ1v) is 5.93. The van der Waals surface area contributed by atoms with Crippen LogP contribution in [0.3, 0.4) is 0 Å². The molecule has 1 aromatic rings. The summed E-state index contributed by atoms with van der Waals surface area (Å²) in [5.41, 5.74) is 1.12. The van der Waals surface area contributed by atoms with Crippen molar-refractivity contribution in [2.75, 3.05) is 13.2 Å². The number of aliphatic hydroxyl groups is 1. The number of ether oxygens (including phenoxy) is 1. The lowest BCUT2D eigenvalue weighted by atomic mass is 10.1. The molecule has 0 aliphatic heterocycles. The zero-order valence-corrected chi connectivity index (χ0v) is 10.4.